The van der Waals surface area contributed by atoms with Gasteiger partial charge in [0, 0.05) is 11.1 Å². The van der Waals surface area contributed by atoms with Gasteiger partial charge in [-0.15, -0.1) is 0 Å². The molecule has 1 heterocycles. The minimum Gasteiger partial charge on any atom is -0.324 e. The normalized spacial score (nSPS) is 15.8. The summed E-state index contributed by atoms with van der Waals surface area (Å²) in [4.78, 5) is 13.0. The van der Waals surface area contributed by atoms with Crippen LogP contribution in [0.4, 0.5) is 11.4 Å². The number of para-hydroxylation sites is 1. The molecular weight excluding hydrogens is 348 g/mol. The maximum atomic E-state index is 13.1. The third-order valence-electron chi connectivity index (χ3n) is 4.75. The number of aryl methyl sites for hydroxylation is 1. The van der Waals surface area contributed by atoms with Crippen molar-refractivity contribution in [2.24, 2.45) is 0 Å². The Morgan fingerprint density at radius 2 is 1.69 bits per heavy atom. The largest absolute Gasteiger partial charge is 0.324 e. The van der Waals surface area contributed by atoms with Crippen molar-refractivity contribution in [1.82, 2.24) is 0 Å². The molecule has 1 atom stereocenters. The number of benzene rings is 3. The molecule has 0 aliphatic carbocycles. The van der Waals surface area contributed by atoms with Gasteiger partial charge in [-0.1, -0.05) is 42.5 Å². The van der Waals surface area contributed by atoms with Crippen LogP contribution in [0.2, 0.25) is 0 Å². The Bertz CT molecular complexity index is 1130. The zero-order chi connectivity index (χ0) is 18.5. The molecule has 0 fully saturated rings. The molecule has 0 unspecified atom stereocenters. The predicted molar refractivity (Wildman–Crippen MR) is 103 cm³/mol. The Kier molecular flexibility index (Phi) is 3.73. The highest BCUT2D eigenvalue weighted by molar-refractivity contribution is 7.93. The third-order valence-corrected chi connectivity index (χ3v) is 6.68. The van der Waals surface area contributed by atoms with Crippen LogP contribution < -0.4 is 9.62 Å². The van der Waals surface area contributed by atoms with Crippen LogP contribution in [0.15, 0.2) is 65.6 Å². The fourth-order valence-corrected chi connectivity index (χ4v) is 5.26. The van der Waals surface area contributed by atoms with Crippen molar-refractivity contribution >= 4 is 38.1 Å². The Hall–Kier alpha value is -2.86. The van der Waals surface area contributed by atoms with Crippen molar-refractivity contribution in [2.45, 2.75) is 24.8 Å². The third kappa shape index (κ3) is 2.37. The summed E-state index contributed by atoms with van der Waals surface area (Å²) in [7, 11) is -3.77. The number of carbonyl (C=O) groups excluding carboxylic acids is 1. The number of amides is 1. The number of sulfonamides is 1. The van der Waals surface area contributed by atoms with E-state index < -0.39 is 16.1 Å². The van der Waals surface area contributed by atoms with Crippen LogP contribution in [0.1, 0.15) is 12.5 Å². The number of hydrogen-bond donors (Lipinski definition) is 1. The van der Waals surface area contributed by atoms with E-state index in [4.69, 9.17) is 0 Å². The van der Waals surface area contributed by atoms with Gasteiger partial charge in [-0.2, -0.15) is 0 Å². The molecule has 5 nitrogen and oxygen atoms in total. The summed E-state index contributed by atoms with van der Waals surface area (Å²) in [6, 6.07) is 17.1. The van der Waals surface area contributed by atoms with E-state index in [1.54, 1.807) is 37.3 Å². The quantitative estimate of drug-likeness (QED) is 0.769. The van der Waals surface area contributed by atoms with Gasteiger partial charge in [0.1, 0.15) is 6.04 Å². The second kappa shape index (κ2) is 5.85. The summed E-state index contributed by atoms with van der Waals surface area (Å²) in [6.07, 6.45) is 0. The Balaban J connectivity index is 1.75. The summed E-state index contributed by atoms with van der Waals surface area (Å²) in [5.41, 5.74) is 2.14. The fourth-order valence-electron chi connectivity index (χ4n) is 3.40. The van der Waals surface area contributed by atoms with Crippen molar-refractivity contribution in [1.29, 1.82) is 0 Å². The first-order valence-corrected chi connectivity index (χ1v) is 9.78. The maximum Gasteiger partial charge on any atom is 0.265 e. The molecule has 0 saturated carbocycles. The summed E-state index contributed by atoms with van der Waals surface area (Å²) < 4.78 is 27.4. The van der Waals surface area contributed by atoms with Gasteiger partial charge in [0.25, 0.3) is 10.0 Å². The van der Waals surface area contributed by atoms with E-state index in [9.17, 15) is 13.2 Å². The summed E-state index contributed by atoms with van der Waals surface area (Å²) >= 11 is 0. The van der Waals surface area contributed by atoms with Crippen LogP contribution in [0, 0.1) is 6.92 Å². The standard InChI is InChI=1S/C20H18N2O3S/c1-13-7-3-4-10-16(13)21-20(23)14(2)22-17-11-5-8-15-9-6-12-18(19(15)17)26(22,24)25/h3-12,14H,1-2H3,(H,21,23)/t14-/m0/s1. The van der Waals surface area contributed by atoms with Gasteiger partial charge in [0.2, 0.25) is 5.91 Å². The lowest BCUT2D eigenvalue weighted by Gasteiger charge is -2.25. The molecule has 26 heavy (non-hydrogen) atoms. The molecule has 0 radical (unpaired) electrons. The van der Waals surface area contributed by atoms with E-state index in [1.165, 1.54) is 4.31 Å². The molecule has 4 rings (SSSR count). The molecule has 0 bridgehead atoms. The molecule has 1 aliphatic rings. The molecule has 0 aromatic heterocycles. The lowest BCUT2D eigenvalue weighted by Crippen LogP contribution is -2.44. The van der Waals surface area contributed by atoms with Gasteiger partial charge in [0.05, 0.1) is 10.6 Å². The van der Waals surface area contributed by atoms with Crippen molar-refractivity contribution in [2.75, 3.05) is 9.62 Å². The smallest absolute Gasteiger partial charge is 0.265 e. The van der Waals surface area contributed by atoms with Gasteiger partial charge in [-0.05, 0) is 43.0 Å². The molecule has 6 heteroatoms. The second-order valence-corrected chi connectivity index (χ2v) is 8.20. The monoisotopic (exact) mass is 366 g/mol. The van der Waals surface area contributed by atoms with E-state index in [-0.39, 0.29) is 10.8 Å². The molecule has 0 saturated heterocycles. The van der Waals surface area contributed by atoms with Crippen LogP contribution in [-0.2, 0) is 14.8 Å². The van der Waals surface area contributed by atoms with Gasteiger partial charge < -0.3 is 5.32 Å². The number of nitrogens with zero attached hydrogens (tertiary/aromatic N) is 1. The van der Waals surface area contributed by atoms with E-state index in [0.717, 1.165) is 10.9 Å². The molecule has 1 aliphatic heterocycles. The maximum absolute atomic E-state index is 13.1. The number of carbonyl (C=O) groups is 1. The number of hydrogen-bond acceptors (Lipinski definition) is 3. The molecule has 1 amide bonds. The zero-order valence-corrected chi connectivity index (χ0v) is 15.2. The highest BCUT2D eigenvalue weighted by Gasteiger charge is 2.40. The summed E-state index contributed by atoms with van der Waals surface area (Å²) in [5.74, 6) is -0.368. The predicted octanol–water partition coefficient (Wildman–Crippen LogP) is 3.68. The Morgan fingerprint density at radius 1 is 1.00 bits per heavy atom. The Labute approximate surface area is 152 Å². The molecular formula is C20H18N2O3S. The fraction of sp³-hybridized carbons (Fsp3) is 0.150. The number of rotatable bonds is 3. The summed E-state index contributed by atoms with van der Waals surface area (Å²) in [5, 5.41) is 4.36. The van der Waals surface area contributed by atoms with Crippen LogP contribution in [0.5, 0.6) is 0 Å². The topological polar surface area (TPSA) is 66.5 Å². The van der Waals surface area contributed by atoms with Gasteiger partial charge in [-0.25, -0.2) is 8.42 Å². The Morgan fingerprint density at radius 3 is 2.42 bits per heavy atom. The molecule has 0 spiro atoms. The minimum absolute atomic E-state index is 0.251. The second-order valence-electron chi connectivity index (χ2n) is 6.41. The van der Waals surface area contributed by atoms with Crippen LogP contribution in [-0.4, -0.2) is 20.4 Å². The average molecular weight is 366 g/mol. The van der Waals surface area contributed by atoms with Crippen molar-refractivity contribution < 1.29 is 13.2 Å². The zero-order valence-electron chi connectivity index (χ0n) is 14.4. The van der Waals surface area contributed by atoms with E-state index in [1.807, 2.05) is 37.3 Å². The molecule has 3 aromatic carbocycles. The van der Waals surface area contributed by atoms with Crippen LogP contribution >= 0.6 is 0 Å². The highest BCUT2D eigenvalue weighted by atomic mass is 32.2. The average Bonchev–Trinajstić information content (AvgIpc) is 2.85. The number of nitrogens with one attached hydrogen (secondary N) is 1. The minimum atomic E-state index is -3.77. The SMILES string of the molecule is Cc1ccccc1NC(=O)[C@H](C)N1c2cccc3cccc(c23)S1(=O)=O. The van der Waals surface area contributed by atoms with Crippen LogP contribution in [0.25, 0.3) is 10.8 Å². The van der Waals surface area contributed by atoms with Crippen molar-refractivity contribution in [3.8, 4) is 0 Å². The van der Waals surface area contributed by atoms with E-state index in [0.29, 0.717) is 16.8 Å². The van der Waals surface area contributed by atoms with Crippen molar-refractivity contribution in [3.63, 3.8) is 0 Å². The molecule has 132 valence electrons. The lowest BCUT2D eigenvalue weighted by molar-refractivity contribution is -0.116. The van der Waals surface area contributed by atoms with E-state index >= 15 is 0 Å². The highest BCUT2D eigenvalue weighted by Crippen LogP contribution is 2.43. The summed E-state index contributed by atoms with van der Waals surface area (Å²) in [6.45, 7) is 3.50. The first kappa shape index (κ1) is 16.6. The molecule has 3 aromatic rings. The first-order valence-electron chi connectivity index (χ1n) is 8.34. The lowest BCUT2D eigenvalue weighted by atomic mass is 10.1. The van der Waals surface area contributed by atoms with Crippen LogP contribution in [0.3, 0.4) is 0 Å². The van der Waals surface area contributed by atoms with Crippen molar-refractivity contribution in [3.05, 3.63) is 66.2 Å². The van der Waals surface area contributed by atoms with Gasteiger partial charge in [0.15, 0.2) is 0 Å². The molecule has 1 N–H and O–H groups in total. The van der Waals surface area contributed by atoms with E-state index in [2.05, 4.69) is 5.32 Å². The van der Waals surface area contributed by atoms with Gasteiger partial charge in [-0.3, -0.25) is 9.10 Å². The first-order chi connectivity index (χ1) is 12.4. The number of anilines is 2. The van der Waals surface area contributed by atoms with Gasteiger partial charge >= 0.3 is 0 Å².